The van der Waals surface area contributed by atoms with Gasteiger partial charge in [0.1, 0.15) is 6.04 Å². The Kier molecular flexibility index (Phi) is 5.44. The standard InChI is InChI=1S/C21H25N5O2/c1-14(19(27)25-21(2,3)4)24-20(28)17-10-16-12-23-26(18(16)22-11-17)13-15-8-6-5-7-9-15/h5-12,14H,13H2,1-4H3,(H,24,28)(H,25,27). The Labute approximate surface area is 164 Å². The van der Waals surface area contributed by atoms with Crippen LogP contribution in [0.25, 0.3) is 11.0 Å². The number of rotatable bonds is 5. The highest BCUT2D eigenvalue weighted by molar-refractivity contribution is 5.99. The summed E-state index contributed by atoms with van der Waals surface area (Å²) in [7, 11) is 0. The van der Waals surface area contributed by atoms with E-state index in [0.717, 1.165) is 10.9 Å². The van der Waals surface area contributed by atoms with E-state index in [1.807, 2.05) is 51.1 Å². The van der Waals surface area contributed by atoms with Gasteiger partial charge in [0.05, 0.1) is 18.3 Å². The Bertz CT molecular complexity index is 989. The minimum absolute atomic E-state index is 0.231. The van der Waals surface area contributed by atoms with Crippen molar-refractivity contribution in [2.75, 3.05) is 0 Å². The van der Waals surface area contributed by atoms with Crippen LogP contribution in [0.3, 0.4) is 0 Å². The molecular formula is C21H25N5O2. The lowest BCUT2D eigenvalue weighted by Gasteiger charge is -2.23. The van der Waals surface area contributed by atoms with Gasteiger partial charge in [0.25, 0.3) is 5.91 Å². The van der Waals surface area contributed by atoms with Gasteiger partial charge in [-0.15, -0.1) is 0 Å². The summed E-state index contributed by atoms with van der Waals surface area (Å²) in [4.78, 5) is 29.1. The van der Waals surface area contributed by atoms with E-state index in [2.05, 4.69) is 20.7 Å². The number of amides is 2. The first-order valence-corrected chi connectivity index (χ1v) is 9.21. The second-order valence-corrected chi connectivity index (χ2v) is 7.86. The van der Waals surface area contributed by atoms with Gasteiger partial charge in [-0.3, -0.25) is 9.59 Å². The van der Waals surface area contributed by atoms with Gasteiger partial charge in [0.15, 0.2) is 5.65 Å². The third-order valence-electron chi connectivity index (χ3n) is 4.15. The maximum Gasteiger partial charge on any atom is 0.253 e. The van der Waals surface area contributed by atoms with E-state index in [9.17, 15) is 9.59 Å². The summed E-state index contributed by atoms with van der Waals surface area (Å²) < 4.78 is 1.80. The summed E-state index contributed by atoms with van der Waals surface area (Å²) in [6.45, 7) is 7.94. The molecule has 0 radical (unpaired) electrons. The van der Waals surface area contributed by atoms with Gasteiger partial charge in [0.2, 0.25) is 5.91 Å². The van der Waals surface area contributed by atoms with Crippen LogP contribution in [0.4, 0.5) is 0 Å². The van der Waals surface area contributed by atoms with Crippen LogP contribution in [-0.4, -0.2) is 38.2 Å². The van der Waals surface area contributed by atoms with Crippen LogP contribution in [-0.2, 0) is 11.3 Å². The number of fused-ring (bicyclic) bond motifs is 1. The average molecular weight is 379 g/mol. The molecule has 2 heterocycles. The molecule has 1 aromatic carbocycles. The fraction of sp³-hybridized carbons (Fsp3) is 0.333. The molecule has 0 fully saturated rings. The number of carbonyl (C=O) groups is 2. The molecule has 0 saturated carbocycles. The predicted octanol–water partition coefficient (Wildman–Crippen LogP) is 2.51. The minimum atomic E-state index is -0.650. The Morgan fingerprint density at radius 1 is 1.14 bits per heavy atom. The van der Waals surface area contributed by atoms with Gasteiger partial charge in [0, 0.05) is 17.1 Å². The molecule has 3 aromatic rings. The zero-order valence-corrected chi connectivity index (χ0v) is 16.6. The second-order valence-electron chi connectivity index (χ2n) is 7.86. The van der Waals surface area contributed by atoms with E-state index in [1.54, 1.807) is 23.9 Å². The molecule has 0 aliphatic heterocycles. The minimum Gasteiger partial charge on any atom is -0.350 e. The highest BCUT2D eigenvalue weighted by atomic mass is 16.2. The Morgan fingerprint density at radius 3 is 2.54 bits per heavy atom. The second kappa shape index (κ2) is 7.80. The third-order valence-corrected chi connectivity index (χ3v) is 4.15. The largest absolute Gasteiger partial charge is 0.350 e. The number of nitrogens with one attached hydrogen (secondary N) is 2. The lowest BCUT2D eigenvalue weighted by molar-refractivity contribution is -0.124. The first-order valence-electron chi connectivity index (χ1n) is 9.21. The molecule has 7 nitrogen and oxygen atoms in total. The molecule has 1 atom stereocenters. The van der Waals surface area contributed by atoms with E-state index >= 15 is 0 Å². The van der Waals surface area contributed by atoms with E-state index in [-0.39, 0.29) is 17.4 Å². The number of hydrogen-bond donors (Lipinski definition) is 2. The quantitative estimate of drug-likeness (QED) is 0.713. The lowest BCUT2D eigenvalue weighted by Crippen LogP contribution is -2.50. The monoisotopic (exact) mass is 379 g/mol. The molecule has 3 rings (SSSR count). The number of hydrogen-bond acceptors (Lipinski definition) is 4. The van der Waals surface area contributed by atoms with Crippen LogP contribution in [0.15, 0.2) is 48.8 Å². The first-order chi connectivity index (χ1) is 13.2. The highest BCUT2D eigenvalue weighted by Gasteiger charge is 2.21. The maximum atomic E-state index is 12.5. The molecule has 0 bridgehead atoms. The van der Waals surface area contributed by atoms with E-state index < -0.39 is 6.04 Å². The van der Waals surface area contributed by atoms with Crippen LogP contribution in [0, 0.1) is 0 Å². The summed E-state index contributed by atoms with van der Waals surface area (Å²) in [5.74, 6) is -0.577. The summed E-state index contributed by atoms with van der Waals surface area (Å²) in [6, 6.07) is 11.1. The number of nitrogens with zero attached hydrogens (tertiary/aromatic N) is 3. The molecule has 2 aromatic heterocycles. The number of pyridine rings is 1. The molecule has 0 spiro atoms. The molecule has 2 amide bonds. The van der Waals surface area contributed by atoms with Gasteiger partial charge < -0.3 is 10.6 Å². The van der Waals surface area contributed by atoms with Gasteiger partial charge >= 0.3 is 0 Å². The van der Waals surface area contributed by atoms with Crippen molar-refractivity contribution < 1.29 is 9.59 Å². The fourth-order valence-electron chi connectivity index (χ4n) is 2.79. The van der Waals surface area contributed by atoms with Gasteiger partial charge in [-0.05, 0) is 39.3 Å². The molecule has 0 saturated heterocycles. The smallest absolute Gasteiger partial charge is 0.253 e. The third kappa shape index (κ3) is 4.73. The van der Waals surface area contributed by atoms with E-state index in [0.29, 0.717) is 17.8 Å². The SMILES string of the molecule is CC(NC(=O)c1cnc2c(cnn2Cc2ccccc2)c1)C(=O)NC(C)(C)C. The number of aromatic nitrogens is 3. The average Bonchev–Trinajstić information content (AvgIpc) is 3.03. The highest BCUT2D eigenvalue weighted by Crippen LogP contribution is 2.15. The molecule has 2 N–H and O–H groups in total. The van der Waals surface area contributed by atoms with Crippen molar-refractivity contribution in [3.8, 4) is 0 Å². The Balaban J connectivity index is 1.72. The van der Waals surface area contributed by atoms with Crippen molar-refractivity contribution >= 4 is 22.8 Å². The van der Waals surface area contributed by atoms with Crippen LogP contribution in [0.5, 0.6) is 0 Å². The van der Waals surface area contributed by atoms with Crippen molar-refractivity contribution in [3.05, 3.63) is 59.9 Å². The Hall–Kier alpha value is -3.22. The maximum absolute atomic E-state index is 12.5. The molecule has 0 aliphatic carbocycles. The molecule has 0 aliphatic rings. The lowest BCUT2D eigenvalue weighted by atomic mass is 10.1. The number of carbonyl (C=O) groups excluding carboxylic acids is 2. The normalized spacial score (nSPS) is 12.6. The van der Waals surface area contributed by atoms with Crippen molar-refractivity contribution in [2.45, 2.75) is 45.8 Å². The van der Waals surface area contributed by atoms with Crippen LogP contribution >= 0.6 is 0 Å². The van der Waals surface area contributed by atoms with Crippen molar-refractivity contribution in [3.63, 3.8) is 0 Å². The summed E-state index contributed by atoms with van der Waals surface area (Å²) >= 11 is 0. The molecule has 7 heteroatoms. The molecule has 146 valence electrons. The van der Waals surface area contributed by atoms with Gasteiger partial charge in [-0.1, -0.05) is 30.3 Å². The summed E-state index contributed by atoms with van der Waals surface area (Å²) in [5, 5.41) is 10.7. The predicted molar refractivity (Wildman–Crippen MR) is 108 cm³/mol. The molecule has 28 heavy (non-hydrogen) atoms. The van der Waals surface area contributed by atoms with Crippen molar-refractivity contribution in [1.82, 2.24) is 25.4 Å². The first kappa shape index (κ1) is 19.5. The topological polar surface area (TPSA) is 88.9 Å². The van der Waals surface area contributed by atoms with Crippen LogP contribution in [0.2, 0.25) is 0 Å². The fourth-order valence-corrected chi connectivity index (χ4v) is 2.79. The van der Waals surface area contributed by atoms with Crippen molar-refractivity contribution in [1.29, 1.82) is 0 Å². The van der Waals surface area contributed by atoms with Crippen LogP contribution < -0.4 is 10.6 Å². The van der Waals surface area contributed by atoms with Gasteiger partial charge in [-0.25, -0.2) is 9.67 Å². The molecular weight excluding hydrogens is 354 g/mol. The zero-order valence-electron chi connectivity index (χ0n) is 16.6. The Morgan fingerprint density at radius 2 is 1.86 bits per heavy atom. The van der Waals surface area contributed by atoms with E-state index in [1.165, 1.54) is 6.20 Å². The number of benzene rings is 1. The van der Waals surface area contributed by atoms with Crippen molar-refractivity contribution in [2.24, 2.45) is 0 Å². The van der Waals surface area contributed by atoms with E-state index in [4.69, 9.17) is 0 Å². The zero-order chi connectivity index (χ0) is 20.3. The van der Waals surface area contributed by atoms with Crippen LogP contribution in [0.1, 0.15) is 43.6 Å². The van der Waals surface area contributed by atoms with Gasteiger partial charge in [-0.2, -0.15) is 5.10 Å². The summed E-state index contributed by atoms with van der Waals surface area (Å²) in [6.07, 6.45) is 3.20. The molecule has 1 unspecified atom stereocenters. The summed E-state index contributed by atoms with van der Waals surface area (Å²) in [5.41, 5.74) is 1.86.